The first-order valence-electron chi connectivity index (χ1n) is 30.1. The molecule has 0 spiro atoms. The molecule has 0 bridgehead atoms. The van der Waals surface area contributed by atoms with E-state index in [2.05, 4.69) is 10.6 Å². The van der Waals surface area contributed by atoms with E-state index in [1.165, 1.54) is 0 Å². The molecule has 552 valence electrons. The molecule has 2 amide bonds. The molecular weight excluding hydrogens is 1310 g/mol. The molecule has 0 aliphatic carbocycles. The Morgan fingerprint density at radius 2 is 0.579 bits per heavy atom. The molecule has 8 aliphatic heterocycles. The van der Waals surface area contributed by atoms with E-state index in [9.17, 15) is 132 Å². The number of aliphatic hydroxyl groups is 24. The van der Waals surface area contributed by atoms with E-state index in [-0.39, 0.29) is 0 Å². The molecule has 0 aromatic heterocycles. The molecule has 8 fully saturated rings. The summed E-state index contributed by atoms with van der Waals surface area (Å²) in [5.74, 6) is -1.73. The van der Waals surface area contributed by atoms with Crippen molar-refractivity contribution in [1.29, 1.82) is 0 Å². The summed E-state index contributed by atoms with van der Waals surface area (Å²) in [7, 11) is 0. The van der Waals surface area contributed by atoms with Gasteiger partial charge in [-0.2, -0.15) is 0 Å². The van der Waals surface area contributed by atoms with Crippen molar-refractivity contribution in [1.82, 2.24) is 10.6 Å². The zero-order valence-corrected chi connectivity index (χ0v) is 50.4. The van der Waals surface area contributed by atoms with Gasteiger partial charge in [-0.3, -0.25) is 9.59 Å². The quantitative estimate of drug-likeness (QED) is 0.0427. The average Bonchev–Trinajstić information content (AvgIpc) is 0.777. The van der Waals surface area contributed by atoms with E-state index < -0.39 is 310 Å². The van der Waals surface area contributed by atoms with Gasteiger partial charge in [0.25, 0.3) is 0 Å². The standard InChI is InChI=1S/C52H88N2O41/c1-11(62)53-21-30(71)39(19(9-61)82-45(21)80)90-46-22(54-12(2)63)40(27(68)17(7-59)83-46)91-50-38(79)42(93-52-44(34(75)26(67)16(6-58)88-52)95-49-36(77)32(73)24(65)14(4-56)86-49)29(70)20(89-50)10-81-47-37(78)41(28(69)18(8-60)84-47)92-51-43(33(74)25(66)15(5-57)87-51)94-48-35(76)31(72)23(64)13(3-55)85-48/h13-52,55-61,64-80H,3-10H2,1-2H3,(H,53,62)(H,54,63)/t13-,14-,15-,16-,17-,18-,19-,20-,21-,22-,23-,24-,25-,26-,27-,28-,29-,30-,31+,32+,33+,34+,35+,36+,37+,38+,39-,40-,41+,42+,43+,44+,45-,46+,47+,48-,49-,50+,51-,52-/m1/s1. The third-order valence-corrected chi connectivity index (χ3v) is 17.4. The first-order valence-corrected chi connectivity index (χ1v) is 30.1. The SMILES string of the molecule is CC(=O)N[C@@H]1[C@@H](O)[C@H](O[C@@H]2O[C@H](CO)[C@@H](O)[C@H](O[C@@H]3O[C@H](CO[C@H]4O[C@H](CO)[C@@H](O)[C@H](O[C@H]5O[C@H](CO)[C@@H](O)[C@H](O)[C@@H]5O[C@H]5O[C@H](CO)[C@@H](O)[C@H](O)[C@@H]5O)[C@@H]4O)[C@@H](O)[C@H](O[C@H]4O[C@H](CO)[C@@H](O)[C@H](O)[C@@H]4O[C@H]4O[C@H](CO)[C@@H](O)[C@H](O)[C@@H]4O)[C@@H]3O)[C@H]2NC(C)=O)[C@@H](CO)O[C@H]1O. The van der Waals surface area contributed by atoms with Gasteiger partial charge in [-0.25, -0.2) is 0 Å². The van der Waals surface area contributed by atoms with Crippen molar-refractivity contribution >= 4 is 11.8 Å². The molecule has 0 aromatic carbocycles. The molecule has 0 saturated carbocycles. The summed E-state index contributed by atoms with van der Waals surface area (Å²) in [4.78, 5) is 25.2. The molecule has 8 aliphatic rings. The number of carbonyl (C=O) groups excluding carboxylic acids is 2. The maximum absolute atomic E-state index is 13.1. The van der Waals surface area contributed by atoms with Crippen LogP contribution in [0.15, 0.2) is 0 Å². The topological polar surface area (TPSA) is 682 Å². The molecule has 43 heteroatoms. The van der Waals surface area contributed by atoms with Crippen molar-refractivity contribution in [2.75, 3.05) is 52.9 Å². The number of ether oxygens (including phenoxy) is 15. The summed E-state index contributed by atoms with van der Waals surface area (Å²) in [6.45, 7) is -6.50. The van der Waals surface area contributed by atoms with Crippen LogP contribution in [0.5, 0.6) is 0 Å². The van der Waals surface area contributed by atoms with Crippen LogP contribution in [0.1, 0.15) is 13.8 Å². The minimum absolute atomic E-state index is 0.783. The van der Waals surface area contributed by atoms with Crippen molar-refractivity contribution in [3.63, 3.8) is 0 Å². The highest BCUT2D eigenvalue weighted by atomic mass is 16.8. The number of rotatable bonds is 24. The summed E-state index contributed by atoms with van der Waals surface area (Å²) < 4.78 is 86.9. The van der Waals surface area contributed by atoms with Crippen molar-refractivity contribution in [2.24, 2.45) is 0 Å². The summed E-state index contributed by atoms with van der Waals surface area (Å²) in [6.07, 6.45) is -78.6. The van der Waals surface area contributed by atoms with Crippen LogP contribution in [0.25, 0.3) is 0 Å². The first kappa shape index (κ1) is 78.1. The fraction of sp³-hybridized carbons (Fsp3) is 0.962. The first-order chi connectivity index (χ1) is 45.0. The second-order valence-electron chi connectivity index (χ2n) is 23.9. The van der Waals surface area contributed by atoms with Crippen molar-refractivity contribution in [2.45, 2.75) is 259 Å². The smallest absolute Gasteiger partial charge is 0.217 e. The second-order valence-corrected chi connectivity index (χ2v) is 23.9. The van der Waals surface area contributed by atoms with Gasteiger partial charge in [0.1, 0.15) is 195 Å². The van der Waals surface area contributed by atoms with Gasteiger partial charge in [-0.05, 0) is 0 Å². The highest BCUT2D eigenvalue weighted by Crippen LogP contribution is 2.39. The average molecular weight is 1400 g/mol. The molecular formula is C52H88N2O41. The van der Waals surface area contributed by atoms with Crippen LogP contribution in [0.4, 0.5) is 0 Å². The maximum Gasteiger partial charge on any atom is 0.217 e. The Bertz CT molecular complexity index is 2380. The normalized spacial score (nSPS) is 50.8. The fourth-order valence-corrected chi connectivity index (χ4v) is 12.1. The molecule has 0 aromatic rings. The summed E-state index contributed by atoms with van der Waals surface area (Å²) in [6, 6.07) is -3.56. The minimum atomic E-state index is -2.50. The molecule has 8 saturated heterocycles. The Labute approximate surface area is 536 Å². The molecule has 43 nitrogen and oxygen atoms in total. The number of nitrogens with one attached hydrogen (secondary N) is 2. The highest BCUT2D eigenvalue weighted by Gasteiger charge is 2.60. The molecule has 26 N–H and O–H groups in total. The van der Waals surface area contributed by atoms with E-state index in [1.54, 1.807) is 0 Å². The molecule has 8 rings (SSSR count). The number of carbonyl (C=O) groups is 2. The van der Waals surface area contributed by atoms with Crippen LogP contribution in [0.2, 0.25) is 0 Å². The summed E-state index contributed by atoms with van der Waals surface area (Å²) in [5.41, 5.74) is 0. The number of hydrogen-bond acceptors (Lipinski definition) is 41. The van der Waals surface area contributed by atoms with Crippen LogP contribution < -0.4 is 10.6 Å². The Morgan fingerprint density at radius 1 is 0.274 bits per heavy atom. The molecule has 8 heterocycles. The van der Waals surface area contributed by atoms with Gasteiger partial charge in [0, 0.05) is 13.8 Å². The molecule has 95 heavy (non-hydrogen) atoms. The Balaban J connectivity index is 1.12. The molecule has 0 unspecified atom stereocenters. The van der Waals surface area contributed by atoms with Gasteiger partial charge < -0.3 is 204 Å². The van der Waals surface area contributed by atoms with Gasteiger partial charge in [0.15, 0.2) is 50.3 Å². The van der Waals surface area contributed by atoms with Gasteiger partial charge in [-0.15, -0.1) is 0 Å². The van der Waals surface area contributed by atoms with Crippen molar-refractivity contribution in [3.8, 4) is 0 Å². The van der Waals surface area contributed by atoms with Crippen LogP contribution in [0.3, 0.4) is 0 Å². The van der Waals surface area contributed by atoms with Gasteiger partial charge in [0.05, 0.1) is 52.9 Å². The van der Waals surface area contributed by atoms with Crippen LogP contribution in [-0.4, -0.2) is 433 Å². The molecule has 0 radical (unpaired) electrons. The zero-order valence-electron chi connectivity index (χ0n) is 50.4. The van der Waals surface area contributed by atoms with E-state index in [0.717, 1.165) is 13.8 Å². The zero-order chi connectivity index (χ0) is 69.9. The highest BCUT2D eigenvalue weighted by molar-refractivity contribution is 5.73. The van der Waals surface area contributed by atoms with E-state index in [4.69, 9.17) is 71.1 Å². The Kier molecular flexibility index (Phi) is 27.9. The lowest BCUT2D eigenvalue weighted by Gasteiger charge is -2.51. The third-order valence-electron chi connectivity index (χ3n) is 17.4. The van der Waals surface area contributed by atoms with Crippen LogP contribution in [0, 0.1) is 0 Å². The van der Waals surface area contributed by atoms with Gasteiger partial charge in [0.2, 0.25) is 11.8 Å². The summed E-state index contributed by atoms with van der Waals surface area (Å²) in [5, 5.41) is 267. The number of aliphatic hydroxyl groups excluding tert-OH is 24. The lowest BCUT2D eigenvalue weighted by atomic mass is 9.93. The molecule has 40 atom stereocenters. The summed E-state index contributed by atoms with van der Waals surface area (Å²) >= 11 is 0. The Morgan fingerprint density at radius 3 is 1.01 bits per heavy atom. The third kappa shape index (κ3) is 16.8. The lowest BCUT2D eigenvalue weighted by Crippen LogP contribution is -2.71. The van der Waals surface area contributed by atoms with E-state index in [1.807, 2.05) is 0 Å². The predicted octanol–water partition coefficient (Wildman–Crippen LogP) is -18.2. The lowest BCUT2D eigenvalue weighted by molar-refractivity contribution is -0.399. The minimum Gasteiger partial charge on any atom is -0.394 e. The largest absolute Gasteiger partial charge is 0.394 e. The second kappa shape index (κ2) is 33.9. The number of hydrogen-bond donors (Lipinski definition) is 26. The van der Waals surface area contributed by atoms with E-state index in [0.29, 0.717) is 0 Å². The van der Waals surface area contributed by atoms with Gasteiger partial charge in [-0.1, -0.05) is 0 Å². The van der Waals surface area contributed by atoms with Gasteiger partial charge >= 0.3 is 0 Å². The Hall–Kier alpha value is -2.62. The monoisotopic (exact) mass is 1400 g/mol. The predicted molar refractivity (Wildman–Crippen MR) is 288 cm³/mol. The fourth-order valence-electron chi connectivity index (χ4n) is 12.1. The maximum atomic E-state index is 13.1. The van der Waals surface area contributed by atoms with Crippen molar-refractivity contribution in [3.05, 3.63) is 0 Å². The van der Waals surface area contributed by atoms with Crippen LogP contribution in [-0.2, 0) is 80.6 Å². The van der Waals surface area contributed by atoms with Crippen molar-refractivity contribution < 1.29 is 203 Å². The van der Waals surface area contributed by atoms with Crippen LogP contribution >= 0.6 is 0 Å². The van der Waals surface area contributed by atoms with E-state index >= 15 is 0 Å². The number of amides is 2.